The molecule has 7 heteroatoms. The molecule has 3 aromatic heterocycles. The summed E-state index contributed by atoms with van der Waals surface area (Å²) in [5.74, 6) is 1.19. The summed E-state index contributed by atoms with van der Waals surface area (Å²) in [6.45, 7) is 0.594. The minimum atomic E-state index is -0.215. The molecule has 0 spiro atoms. The Labute approximate surface area is 189 Å². The van der Waals surface area contributed by atoms with Crippen LogP contribution in [0.4, 0.5) is 0 Å². The lowest BCUT2D eigenvalue weighted by molar-refractivity contribution is 0.101. The van der Waals surface area contributed by atoms with Crippen LogP contribution >= 0.6 is 11.6 Å². The predicted octanol–water partition coefficient (Wildman–Crippen LogP) is 5.63. The average molecular weight is 444 g/mol. The van der Waals surface area contributed by atoms with E-state index < -0.39 is 0 Å². The molecule has 6 nitrogen and oxygen atoms in total. The molecule has 5 rings (SSSR count). The van der Waals surface area contributed by atoms with Gasteiger partial charge in [0.25, 0.3) is 0 Å². The van der Waals surface area contributed by atoms with Crippen molar-refractivity contribution in [2.24, 2.45) is 0 Å². The van der Waals surface area contributed by atoms with Crippen molar-refractivity contribution in [1.82, 2.24) is 14.5 Å². The second-order valence-corrected chi connectivity index (χ2v) is 7.70. The van der Waals surface area contributed by atoms with Gasteiger partial charge in [-0.3, -0.25) is 9.78 Å². The predicted molar refractivity (Wildman–Crippen MR) is 122 cm³/mol. The van der Waals surface area contributed by atoms with Gasteiger partial charge in [0, 0.05) is 41.1 Å². The summed E-state index contributed by atoms with van der Waals surface area (Å²) in [5, 5.41) is 1.48. The number of hydrogen-bond donors (Lipinski definition) is 0. The van der Waals surface area contributed by atoms with Gasteiger partial charge in [0.15, 0.2) is 11.5 Å². The normalized spacial score (nSPS) is 11.1. The van der Waals surface area contributed by atoms with Crippen LogP contribution in [0.3, 0.4) is 0 Å². The molecule has 0 saturated carbocycles. The molecule has 0 N–H and O–H groups in total. The van der Waals surface area contributed by atoms with Crippen molar-refractivity contribution in [3.63, 3.8) is 0 Å². The third kappa shape index (κ3) is 3.76. The summed E-state index contributed by atoms with van der Waals surface area (Å²) in [6.07, 6.45) is 6.61. The van der Waals surface area contributed by atoms with E-state index in [1.807, 2.05) is 53.2 Å². The summed E-state index contributed by atoms with van der Waals surface area (Å²) in [6, 6.07) is 16.7. The van der Waals surface area contributed by atoms with Crippen LogP contribution in [0.5, 0.6) is 5.75 Å². The van der Waals surface area contributed by atoms with Gasteiger partial charge >= 0.3 is 0 Å². The van der Waals surface area contributed by atoms with Gasteiger partial charge < -0.3 is 13.7 Å². The first-order chi connectivity index (χ1) is 15.6. The van der Waals surface area contributed by atoms with Crippen LogP contribution in [0.2, 0.25) is 5.02 Å². The number of fused-ring (bicyclic) bond motifs is 1. The molecule has 0 bridgehead atoms. The molecule has 158 valence electrons. The molecule has 0 fully saturated rings. The molecular weight excluding hydrogens is 426 g/mol. The van der Waals surface area contributed by atoms with E-state index in [4.69, 9.17) is 20.8 Å². The lowest BCUT2D eigenvalue weighted by atomic mass is 10.1. The fourth-order valence-corrected chi connectivity index (χ4v) is 3.78. The van der Waals surface area contributed by atoms with Gasteiger partial charge in [-0.2, -0.15) is 0 Å². The van der Waals surface area contributed by atoms with Crippen LogP contribution in [0.1, 0.15) is 21.7 Å². The number of ketones is 1. The van der Waals surface area contributed by atoms with Crippen LogP contribution in [-0.2, 0) is 6.54 Å². The number of rotatable bonds is 6. The minimum Gasteiger partial charge on any atom is -0.497 e. The van der Waals surface area contributed by atoms with Crippen LogP contribution < -0.4 is 4.74 Å². The maximum atomic E-state index is 13.4. The number of nitrogens with zero attached hydrogens (tertiary/aromatic N) is 3. The molecule has 0 atom stereocenters. The Bertz CT molecular complexity index is 1410. The van der Waals surface area contributed by atoms with Crippen molar-refractivity contribution in [3.8, 4) is 17.2 Å². The monoisotopic (exact) mass is 443 g/mol. The van der Waals surface area contributed by atoms with Gasteiger partial charge in [-0.05, 0) is 48.0 Å². The molecule has 0 aliphatic rings. The highest BCUT2D eigenvalue weighted by atomic mass is 35.5. The maximum Gasteiger partial charge on any atom is 0.230 e. The highest BCUT2D eigenvalue weighted by molar-refractivity contribution is 6.30. The van der Waals surface area contributed by atoms with E-state index in [0.717, 1.165) is 16.5 Å². The Morgan fingerprint density at radius 2 is 1.94 bits per heavy atom. The summed E-state index contributed by atoms with van der Waals surface area (Å²) in [4.78, 5) is 21.7. The standard InChI is InChI=1S/C25H18ClN3O3/c1-31-18-6-7-22-19(12-18)20(15-29(22)14-16-2-4-17(26)5-3-16)25(30)24-9-8-23(32-24)21-13-27-10-11-28-21/h2-13,15H,14H2,1H3. The maximum absolute atomic E-state index is 13.4. The molecular formula is C25H18ClN3O3. The van der Waals surface area contributed by atoms with E-state index in [9.17, 15) is 4.79 Å². The third-order valence-electron chi connectivity index (χ3n) is 5.24. The molecule has 0 saturated heterocycles. The van der Waals surface area contributed by atoms with Gasteiger partial charge in [0.05, 0.1) is 18.9 Å². The van der Waals surface area contributed by atoms with Crippen molar-refractivity contribution in [2.75, 3.05) is 7.11 Å². The summed E-state index contributed by atoms with van der Waals surface area (Å²) >= 11 is 6.02. The van der Waals surface area contributed by atoms with Crippen molar-refractivity contribution < 1.29 is 13.9 Å². The average Bonchev–Trinajstić information content (AvgIpc) is 3.46. The van der Waals surface area contributed by atoms with Crippen molar-refractivity contribution in [2.45, 2.75) is 6.54 Å². The SMILES string of the molecule is COc1ccc2c(c1)c(C(=O)c1ccc(-c3cnccn3)o1)cn2Cc1ccc(Cl)cc1. The second-order valence-electron chi connectivity index (χ2n) is 7.26. The number of halogens is 1. The van der Waals surface area contributed by atoms with Crippen molar-refractivity contribution in [3.05, 3.63) is 101 Å². The fourth-order valence-electron chi connectivity index (χ4n) is 3.66. The van der Waals surface area contributed by atoms with E-state index >= 15 is 0 Å². The number of aromatic nitrogens is 3. The summed E-state index contributed by atoms with van der Waals surface area (Å²) in [7, 11) is 1.60. The first kappa shape index (κ1) is 20.0. The zero-order valence-electron chi connectivity index (χ0n) is 17.2. The minimum absolute atomic E-state index is 0.215. The number of carbonyl (C=O) groups is 1. The molecule has 2 aromatic carbocycles. The first-order valence-corrected chi connectivity index (χ1v) is 10.3. The molecule has 0 aliphatic carbocycles. The summed E-state index contributed by atoms with van der Waals surface area (Å²) in [5.41, 5.74) is 3.10. The Balaban J connectivity index is 1.56. The zero-order valence-corrected chi connectivity index (χ0v) is 17.9. The number of methoxy groups -OCH3 is 1. The van der Waals surface area contributed by atoms with Gasteiger partial charge in [-0.25, -0.2) is 4.98 Å². The molecule has 32 heavy (non-hydrogen) atoms. The topological polar surface area (TPSA) is 70.2 Å². The van der Waals surface area contributed by atoms with Crippen LogP contribution in [0, 0.1) is 0 Å². The lowest BCUT2D eigenvalue weighted by Crippen LogP contribution is -2.00. The van der Waals surface area contributed by atoms with Gasteiger partial charge in [-0.1, -0.05) is 23.7 Å². The quantitative estimate of drug-likeness (QED) is 0.318. The van der Waals surface area contributed by atoms with Gasteiger partial charge in [0.2, 0.25) is 5.78 Å². The second kappa shape index (κ2) is 8.32. The molecule has 0 unspecified atom stereocenters. The van der Waals surface area contributed by atoms with E-state index in [-0.39, 0.29) is 11.5 Å². The van der Waals surface area contributed by atoms with Crippen LogP contribution in [0.15, 0.2) is 83.8 Å². The Kier molecular flexibility index (Phi) is 5.21. The summed E-state index contributed by atoms with van der Waals surface area (Å²) < 4.78 is 13.3. The van der Waals surface area contributed by atoms with Gasteiger partial charge in [0.1, 0.15) is 11.4 Å². The number of carbonyl (C=O) groups excluding carboxylic acids is 1. The third-order valence-corrected chi connectivity index (χ3v) is 5.50. The largest absolute Gasteiger partial charge is 0.497 e. The molecule has 0 radical (unpaired) electrons. The van der Waals surface area contributed by atoms with Crippen LogP contribution in [-0.4, -0.2) is 27.4 Å². The van der Waals surface area contributed by atoms with E-state index in [1.54, 1.807) is 37.8 Å². The van der Waals surface area contributed by atoms with E-state index in [0.29, 0.717) is 34.3 Å². The number of ether oxygens (including phenoxy) is 1. The van der Waals surface area contributed by atoms with Crippen molar-refractivity contribution in [1.29, 1.82) is 0 Å². The highest BCUT2D eigenvalue weighted by Gasteiger charge is 2.21. The zero-order chi connectivity index (χ0) is 22.1. The first-order valence-electron chi connectivity index (χ1n) is 9.94. The Hall–Kier alpha value is -3.90. The van der Waals surface area contributed by atoms with E-state index in [1.165, 1.54) is 0 Å². The number of hydrogen-bond acceptors (Lipinski definition) is 5. The smallest absolute Gasteiger partial charge is 0.230 e. The highest BCUT2D eigenvalue weighted by Crippen LogP contribution is 2.30. The molecule has 0 amide bonds. The van der Waals surface area contributed by atoms with Crippen molar-refractivity contribution >= 4 is 28.3 Å². The Morgan fingerprint density at radius 1 is 1.09 bits per heavy atom. The van der Waals surface area contributed by atoms with Gasteiger partial charge in [-0.15, -0.1) is 0 Å². The van der Waals surface area contributed by atoms with E-state index in [2.05, 4.69) is 9.97 Å². The Morgan fingerprint density at radius 3 is 2.69 bits per heavy atom. The molecule has 3 heterocycles. The number of furan rings is 1. The number of benzene rings is 2. The fraction of sp³-hybridized carbons (Fsp3) is 0.0800. The van der Waals surface area contributed by atoms with Crippen LogP contribution in [0.25, 0.3) is 22.4 Å². The lowest BCUT2D eigenvalue weighted by Gasteiger charge is -2.06. The molecule has 5 aromatic rings. The molecule has 0 aliphatic heterocycles.